The maximum Gasteiger partial charge on any atom is 0.194 e. The zero-order chi connectivity index (χ0) is 28.7. The van der Waals surface area contributed by atoms with E-state index in [1.165, 1.54) is 22.3 Å². The third-order valence-corrected chi connectivity index (χ3v) is 8.93. The van der Waals surface area contributed by atoms with Crippen molar-refractivity contribution >= 4 is 39.0 Å². The van der Waals surface area contributed by atoms with Crippen LogP contribution in [0.25, 0.3) is 33.1 Å². The highest BCUT2D eigenvalue weighted by molar-refractivity contribution is 6.13. The highest BCUT2D eigenvalue weighted by atomic mass is 16.6. The first kappa shape index (κ1) is 24.2. The quantitative estimate of drug-likeness (QED) is 0.216. The molecule has 0 radical (unpaired) electrons. The number of nitrogens with zero attached hydrogens (tertiary/aromatic N) is 1. The predicted octanol–water partition coefficient (Wildman–Crippen LogP) is 11.3. The minimum atomic E-state index is -0.142. The molecule has 0 spiro atoms. The van der Waals surface area contributed by atoms with Crippen molar-refractivity contribution in [1.82, 2.24) is 0 Å². The Labute approximate surface area is 249 Å². The van der Waals surface area contributed by atoms with Crippen molar-refractivity contribution in [2.45, 2.75) is 19.3 Å². The number of hydrogen-bond donors (Lipinski definition) is 0. The summed E-state index contributed by atoms with van der Waals surface area (Å²) in [5.41, 5.74) is 9.71. The fourth-order valence-corrected chi connectivity index (χ4v) is 6.89. The number of para-hydroxylation sites is 4. The van der Waals surface area contributed by atoms with Crippen molar-refractivity contribution < 1.29 is 13.9 Å². The number of fused-ring (bicyclic) bond motifs is 8. The van der Waals surface area contributed by atoms with Crippen molar-refractivity contribution in [2.24, 2.45) is 0 Å². The fourth-order valence-electron chi connectivity index (χ4n) is 6.89. The summed E-state index contributed by atoms with van der Waals surface area (Å²) in [6, 6.07) is 43.9. The molecular formula is C39H27NO3. The molecule has 9 rings (SSSR count). The maximum absolute atomic E-state index is 6.61. The lowest BCUT2D eigenvalue weighted by atomic mass is 9.82. The van der Waals surface area contributed by atoms with E-state index in [9.17, 15) is 0 Å². The number of ether oxygens (including phenoxy) is 2. The maximum atomic E-state index is 6.61. The van der Waals surface area contributed by atoms with Crippen molar-refractivity contribution in [1.29, 1.82) is 0 Å². The molecule has 0 N–H and O–H groups in total. The Bertz CT molecular complexity index is 2240. The summed E-state index contributed by atoms with van der Waals surface area (Å²) < 4.78 is 19.3. The van der Waals surface area contributed by atoms with Gasteiger partial charge in [-0.05, 0) is 76.9 Å². The lowest BCUT2D eigenvalue weighted by Gasteiger charge is -2.31. The third-order valence-electron chi connectivity index (χ3n) is 8.93. The van der Waals surface area contributed by atoms with Crippen LogP contribution in [-0.2, 0) is 5.41 Å². The molecule has 43 heavy (non-hydrogen) atoms. The van der Waals surface area contributed by atoms with E-state index >= 15 is 0 Å². The van der Waals surface area contributed by atoms with Crippen LogP contribution in [0.2, 0.25) is 0 Å². The van der Waals surface area contributed by atoms with E-state index in [-0.39, 0.29) is 5.41 Å². The van der Waals surface area contributed by atoms with Crippen molar-refractivity contribution in [3.8, 4) is 34.1 Å². The van der Waals surface area contributed by atoms with E-state index < -0.39 is 0 Å². The van der Waals surface area contributed by atoms with Gasteiger partial charge in [-0.3, -0.25) is 0 Å². The molecule has 0 atom stereocenters. The largest absolute Gasteiger partial charge is 0.456 e. The zero-order valence-corrected chi connectivity index (χ0v) is 23.8. The Morgan fingerprint density at radius 2 is 1.21 bits per heavy atom. The predicted molar refractivity (Wildman–Crippen MR) is 173 cm³/mol. The summed E-state index contributed by atoms with van der Waals surface area (Å²) in [5, 5.41) is 2.12. The van der Waals surface area contributed by atoms with Crippen LogP contribution in [0.15, 0.2) is 132 Å². The molecule has 4 heteroatoms. The topological polar surface area (TPSA) is 34.8 Å². The van der Waals surface area contributed by atoms with Crippen LogP contribution in [0.5, 0.6) is 23.0 Å². The van der Waals surface area contributed by atoms with E-state index in [0.29, 0.717) is 23.0 Å². The molecule has 1 aliphatic carbocycles. The van der Waals surface area contributed by atoms with Gasteiger partial charge in [-0.25, -0.2) is 0 Å². The lowest BCUT2D eigenvalue weighted by molar-refractivity contribution is 0.360. The second-order valence-electron chi connectivity index (χ2n) is 11.7. The average Bonchev–Trinajstić information content (AvgIpc) is 3.53. The highest BCUT2D eigenvalue weighted by Crippen LogP contribution is 2.55. The van der Waals surface area contributed by atoms with Gasteiger partial charge in [-0.1, -0.05) is 86.6 Å². The van der Waals surface area contributed by atoms with Crippen LogP contribution in [0, 0.1) is 0 Å². The summed E-state index contributed by atoms with van der Waals surface area (Å²) in [6.07, 6.45) is 0. The third kappa shape index (κ3) is 3.44. The number of rotatable bonds is 3. The van der Waals surface area contributed by atoms with Gasteiger partial charge in [0.05, 0.1) is 16.8 Å². The Kier molecular flexibility index (Phi) is 4.92. The molecule has 6 aromatic carbocycles. The molecule has 0 saturated carbocycles. The molecule has 0 bridgehead atoms. The molecule has 0 amide bonds. The molecule has 7 aromatic rings. The molecule has 1 aromatic heterocycles. The normalized spacial score (nSPS) is 13.9. The van der Waals surface area contributed by atoms with Gasteiger partial charge in [-0.15, -0.1) is 0 Å². The second kappa shape index (κ2) is 8.76. The number of benzene rings is 6. The van der Waals surface area contributed by atoms with Gasteiger partial charge in [0.1, 0.15) is 11.2 Å². The van der Waals surface area contributed by atoms with E-state index in [0.717, 1.165) is 39.0 Å². The first-order valence-electron chi connectivity index (χ1n) is 14.6. The molecule has 2 aliphatic rings. The summed E-state index contributed by atoms with van der Waals surface area (Å²) in [7, 11) is 0. The standard InChI is InChI=1S/C39H27NO3/c1-39(2)28-13-5-3-11-25(28)26-22-21-24(23-29(26)39)40(30-14-9-19-35-37(30)27-12-4-6-16-32(27)41-35)31-15-10-20-36-38(31)43-34-18-8-7-17-33(34)42-36/h3-23H,1-2H3. The van der Waals surface area contributed by atoms with Gasteiger partial charge < -0.3 is 18.8 Å². The number of furan rings is 1. The van der Waals surface area contributed by atoms with Crippen LogP contribution in [-0.4, -0.2) is 0 Å². The smallest absolute Gasteiger partial charge is 0.194 e. The Morgan fingerprint density at radius 3 is 2.12 bits per heavy atom. The van der Waals surface area contributed by atoms with Gasteiger partial charge in [-0.2, -0.15) is 0 Å². The minimum Gasteiger partial charge on any atom is -0.456 e. The molecule has 0 unspecified atom stereocenters. The number of hydrogen-bond acceptors (Lipinski definition) is 4. The molecule has 1 aliphatic heterocycles. The summed E-state index contributed by atoms with van der Waals surface area (Å²) in [4.78, 5) is 2.29. The van der Waals surface area contributed by atoms with Gasteiger partial charge in [0.25, 0.3) is 0 Å². The van der Waals surface area contributed by atoms with Crippen LogP contribution in [0.4, 0.5) is 17.1 Å². The van der Waals surface area contributed by atoms with E-state index in [2.05, 4.69) is 91.5 Å². The summed E-state index contributed by atoms with van der Waals surface area (Å²) in [6.45, 7) is 4.63. The zero-order valence-electron chi connectivity index (χ0n) is 23.8. The molecule has 0 saturated heterocycles. The summed E-state index contributed by atoms with van der Waals surface area (Å²) >= 11 is 0. The first-order chi connectivity index (χ1) is 21.1. The second-order valence-corrected chi connectivity index (χ2v) is 11.7. The van der Waals surface area contributed by atoms with Gasteiger partial charge in [0, 0.05) is 16.5 Å². The van der Waals surface area contributed by atoms with Gasteiger partial charge in [0.2, 0.25) is 0 Å². The van der Waals surface area contributed by atoms with Crippen molar-refractivity contribution in [3.05, 3.63) is 139 Å². The Hall–Kier alpha value is -5.48. The van der Waals surface area contributed by atoms with Gasteiger partial charge >= 0.3 is 0 Å². The molecule has 0 fully saturated rings. The van der Waals surface area contributed by atoms with Gasteiger partial charge in [0.15, 0.2) is 23.0 Å². The van der Waals surface area contributed by atoms with Crippen LogP contribution < -0.4 is 14.4 Å². The minimum absolute atomic E-state index is 0.142. The van der Waals surface area contributed by atoms with E-state index in [4.69, 9.17) is 13.9 Å². The van der Waals surface area contributed by atoms with Crippen LogP contribution in [0.1, 0.15) is 25.0 Å². The molecular weight excluding hydrogens is 530 g/mol. The SMILES string of the molecule is CC1(C)c2ccccc2-c2ccc(N(c3cccc4c3Oc3ccccc3O4)c3cccc4oc5ccccc5c34)cc21. The van der Waals surface area contributed by atoms with Crippen molar-refractivity contribution in [2.75, 3.05) is 4.90 Å². The molecule has 2 heterocycles. The first-order valence-corrected chi connectivity index (χ1v) is 14.6. The average molecular weight is 558 g/mol. The lowest BCUT2D eigenvalue weighted by Crippen LogP contribution is -2.17. The molecule has 4 nitrogen and oxygen atoms in total. The monoisotopic (exact) mass is 557 g/mol. The van der Waals surface area contributed by atoms with E-state index in [1.807, 2.05) is 54.6 Å². The summed E-state index contributed by atoms with van der Waals surface area (Å²) in [5.74, 6) is 2.76. The highest BCUT2D eigenvalue weighted by Gasteiger charge is 2.36. The number of anilines is 3. The van der Waals surface area contributed by atoms with Crippen LogP contribution >= 0.6 is 0 Å². The Balaban J connectivity index is 1.32. The van der Waals surface area contributed by atoms with E-state index in [1.54, 1.807) is 0 Å². The fraction of sp³-hybridized carbons (Fsp3) is 0.0769. The van der Waals surface area contributed by atoms with Crippen molar-refractivity contribution in [3.63, 3.8) is 0 Å². The van der Waals surface area contributed by atoms with Crippen LogP contribution in [0.3, 0.4) is 0 Å². The molecule has 206 valence electrons. The Morgan fingerprint density at radius 1 is 0.535 bits per heavy atom.